The van der Waals surface area contributed by atoms with Crippen molar-refractivity contribution in [3.63, 3.8) is 0 Å². The summed E-state index contributed by atoms with van der Waals surface area (Å²) in [6.07, 6.45) is 2.92. The number of halogens is 2. The van der Waals surface area contributed by atoms with Crippen molar-refractivity contribution < 1.29 is 9.59 Å². The number of benzene rings is 1. The van der Waals surface area contributed by atoms with Gasteiger partial charge in [0.1, 0.15) is 0 Å². The molecule has 0 unspecified atom stereocenters. The first-order valence-corrected chi connectivity index (χ1v) is 8.79. The Kier molecular flexibility index (Phi) is 5.58. The summed E-state index contributed by atoms with van der Waals surface area (Å²) in [4.78, 5) is 35.6. The molecule has 0 saturated carbocycles. The van der Waals surface area contributed by atoms with Crippen LogP contribution in [0.4, 0.5) is 11.6 Å². The first-order valence-electron chi connectivity index (χ1n) is 8.03. The second-order valence-corrected chi connectivity index (χ2v) is 6.63. The summed E-state index contributed by atoms with van der Waals surface area (Å²) in [5, 5.41) is 3.85. The Morgan fingerprint density at radius 2 is 1.54 bits per heavy atom. The first kappa shape index (κ1) is 18.4. The third kappa shape index (κ3) is 4.05. The van der Waals surface area contributed by atoms with Crippen molar-refractivity contribution in [3.05, 3.63) is 46.2 Å². The largest absolute Gasteiger partial charge is 0.339 e. The maximum Gasteiger partial charge on any atom is 0.257 e. The van der Waals surface area contributed by atoms with Crippen LogP contribution < -0.4 is 5.32 Å². The van der Waals surface area contributed by atoms with Crippen molar-refractivity contribution >= 4 is 46.7 Å². The second kappa shape index (κ2) is 7.88. The summed E-state index contributed by atoms with van der Waals surface area (Å²) in [5.74, 6) is 0.155. The van der Waals surface area contributed by atoms with Gasteiger partial charge < -0.3 is 15.1 Å². The van der Waals surface area contributed by atoms with Crippen LogP contribution in [0.2, 0.25) is 10.0 Å². The van der Waals surface area contributed by atoms with Gasteiger partial charge in [0.05, 0.1) is 21.3 Å². The molecule has 0 aliphatic carbocycles. The van der Waals surface area contributed by atoms with Gasteiger partial charge in [-0.2, -0.15) is 0 Å². The number of nitrogens with zero attached hydrogens (tertiary/aromatic N) is 4. The number of para-hydroxylation sites is 1. The van der Waals surface area contributed by atoms with Crippen LogP contribution in [0, 0.1) is 0 Å². The second-order valence-electron chi connectivity index (χ2n) is 5.82. The lowest BCUT2D eigenvalue weighted by atomic mass is 10.2. The van der Waals surface area contributed by atoms with Crippen molar-refractivity contribution in [2.24, 2.45) is 0 Å². The number of piperazine rings is 1. The summed E-state index contributed by atoms with van der Waals surface area (Å²) in [6, 6.07) is 5.15. The number of aromatic nitrogens is 2. The summed E-state index contributed by atoms with van der Waals surface area (Å²) < 4.78 is 0. The zero-order chi connectivity index (χ0) is 18.7. The van der Waals surface area contributed by atoms with E-state index in [0.29, 0.717) is 47.5 Å². The van der Waals surface area contributed by atoms with Gasteiger partial charge in [-0.1, -0.05) is 29.3 Å². The predicted molar refractivity (Wildman–Crippen MR) is 99.9 cm³/mol. The highest BCUT2D eigenvalue weighted by atomic mass is 35.5. The van der Waals surface area contributed by atoms with E-state index in [4.69, 9.17) is 23.2 Å². The lowest BCUT2D eigenvalue weighted by molar-refractivity contribution is -0.130. The average Bonchev–Trinajstić information content (AvgIpc) is 2.65. The van der Waals surface area contributed by atoms with Crippen LogP contribution in [0.1, 0.15) is 17.3 Å². The number of rotatable bonds is 3. The Hall–Kier alpha value is -2.38. The Morgan fingerprint density at radius 3 is 2.08 bits per heavy atom. The summed E-state index contributed by atoms with van der Waals surface area (Å²) in [6.45, 7) is 3.59. The Labute approximate surface area is 160 Å². The van der Waals surface area contributed by atoms with Crippen LogP contribution in [0.25, 0.3) is 0 Å². The van der Waals surface area contributed by atoms with Gasteiger partial charge in [-0.25, -0.2) is 9.97 Å². The van der Waals surface area contributed by atoms with Crippen LogP contribution in [-0.4, -0.2) is 57.8 Å². The molecule has 0 spiro atoms. The molecule has 2 aromatic rings. The first-order chi connectivity index (χ1) is 12.5. The molecular formula is C17H17Cl2N5O2. The SMILES string of the molecule is CC(=O)N1CCN(C(=O)c2cnc(Nc3c(Cl)cccc3Cl)nc2)CC1. The summed E-state index contributed by atoms with van der Waals surface area (Å²) in [5.41, 5.74) is 0.896. The molecule has 9 heteroatoms. The van der Waals surface area contributed by atoms with E-state index in [1.807, 2.05) is 0 Å². The molecule has 136 valence electrons. The topological polar surface area (TPSA) is 78.4 Å². The fraction of sp³-hybridized carbons (Fsp3) is 0.294. The summed E-state index contributed by atoms with van der Waals surface area (Å²) in [7, 11) is 0. The third-order valence-corrected chi connectivity index (χ3v) is 4.74. The van der Waals surface area contributed by atoms with E-state index in [2.05, 4.69) is 15.3 Å². The number of hydrogen-bond acceptors (Lipinski definition) is 5. The lowest BCUT2D eigenvalue weighted by Crippen LogP contribution is -2.50. The van der Waals surface area contributed by atoms with Crippen LogP contribution in [0.3, 0.4) is 0 Å². The molecule has 2 amide bonds. The normalized spacial score (nSPS) is 14.3. The van der Waals surface area contributed by atoms with Gasteiger partial charge in [0, 0.05) is 45.5 Å². The molecule has 26 heavy (non-hydrogen) atoms. The van der Waals surface area contributed by atoms with Crippen molar-refractivity contribution in [2.75, 3.05) is 31.5 Å². The van der Waals surface area contributed by atoms with E-state index < -0.39 is 0 Å². The maximum atomic E-state index is 12.5. The Balaban J connectivity index is 1.66. The number of anilines is 2. The highest BCUT2D eigenvalue weighted by molar-refractivity contribution is 6.39. The highest BCUT2D eigenvalue weighted by Gasteiger charge is 2.23. The monoisotopic (exact) mass is 393 g/mol. The van der Waals surface area contributed by atoms with Gasteiger partial charge in [0.2, 0.25) is 11.9 Å². The van der Waals surface area contributed by atoms with E-state index in [9.17, 15) is 9.59 Å². The van der Waals surface area contributed by atoms with Gasteiger partial charge in [-0.15, -0.1) is 0 Å². The minimum Gasteiger partial charge on any atom is -0.339 e. The fourth-order valence-corrected chi connectivity index (χ4v) is 3.13. The molecule has 2 heterocycles. The molecule has 1 saturated heterocycles. The zero-order valence-electron chi connectivity index (χ0n) is 14.1. The molecule has 1 aromatic carbocycles. The standard InChI is InChI=1S/C17H17Cl2N5O2/c1-11(25)23-5-7-24(8-6-23)16(26)12-9-20-17(21-10-12)22-15-13(18)3-2-4-14(15)19/h2-4,9-10H,5-8H2,1H3,(H,20,21,22). The van der Waals surface area contributed by atoms with Crippen molar-refractivity contribution in [2.45, 2.75) is 6.92 Å². The van der Waals surface area contributed by atoms with E-state index in [0.717, 1.165) is 0 Å². The molecule has 1 aliphatic rings. The van der Waals surface area contributed by atoms with E-state index in [1.54, 1.807) is 28.0 Å². The molecular weight excluding hydrogens is 377 g/mol. The molecule has 0 bridgehead atoms. The van der Waals surface area contributed by atoms with Crippen LogP contribution in [0.5, 0.6) is 0 Å². The summed E-state index contributed by atoms with van der Waals surface area (Å²) >= 11 is 12.2. The van der Waals surface area contributed by atoms with Crippen molar-refractivity contribution in [1.29, 1.82) is 0 Å². The van der Waals surface area contributed by atoms with Crippen LogP contribution >= 0.6 is 23.2 Å². The molecule has 7 nitrogen and oxygen atoms in total. The van der Waals surface area contributed by atoms with E-state index in [-0.39, 0.29) is 17.8 Å². The number of carbonyl (C=O) groups excluding carboxylic acids is 2. The molecule has 0 atom stereocenters. The van der Waals surface area contributed by atoms with Crippen molar-refractivity contribution in [1.82, 2.24) is 19.8 Å². The molecule has 3 rings (SSSR count). The van der Waals surface area contributed by atoms with Crippen LogP contribution in [0.15, 0.2) is 30.6 Å². The van der Waals surface area contributed by atoms with E-state index >= 15 is 0 Å². The molecule has 1 N–H and O–H groups in total. The highest BCUT2D eigenvalue weighted by Crippen LogP contribution is 2.31. The molecule has 1 fully saturated rings. The van der Waals surface area contributed by atoms with Crippen molar-refractivity contribution in [3.8, 4) is 0 Å². The number of carbonyl (C=O) groups is 2. The van der Waals surface area contributed by atoms with Gasteiger partial charge in [-0.05, 0) is 12.1 Å². The number of amides is 2. The Bertz CT molecular complexity index is 800. The average molecular weight is 394 g/mol. The molecule has 1 aliphatic heterocycles. The maximum absolute atomic E-state index is 12.5. The number of hydrogen-bond donors (Lipinski definition) is 1. The lowest BCUT2D eigenvalue weighted by Gasteiger charge is -2.34. The van der Waals surface area contributed by atoms with Gasteiger partial charge in [0.25, 0.3) is 5.91 Å². The minimum atomic E-state index is -0.157. The molecule has 1 aromatic heterocycles. The smallest absolute Gasteiger partial charge is 0.257 e. The fourth-order valence-electron chi connectivity index (χ4n) is 2.64. The number of nitrogens with one attached hydrogen (secondary N) is 1. The third-order valence-electron chi connectivity index (χ3n) is 4.11. The quantitative estimate of drug-likeness (QED) is 0.866. The zero-order valence-corrected chi connectivity index (χ0v) is 15.6. The predicted octanol–water partition coefficient (Wildman–Crippen LogP) is 2.83. The van der Waals surface area contributed by atoms with Gasteiger partial charge in [0.15, 0.2) is 0 Å². The molecule has 0 radical (unpaired) electrons. The van der Waals surface area contributed by atoms with Crippen LogP contribution in [-0.2, 0) is 4.79 Å². The van der Waals surface area contributed by atoms with Gasteiger partial charge >= 0.3 is 0 Å². The Morgan fingerprint density at radius 1 is 1.00 bits per heavy atom. The van der Waals surface area contributed by atoms with E-state index in [1.165, 1.54) is 19.3 Å². The van der Waals surface area contributed by atoms with Gasteiger partial charge in [-0.3, -0.25) is 9.59 Å². The minimum absolute atomic E-state index is 0.0223.